The van der Waals surface area contributed by atoms with E-state index in [0.29, 0.717) is 11.4 Å². The Morgan fingerprint density at radius 2 is 1.38 bits per heavy atom. The van der Waals surface area contributed by atoms with Crippen LogP contribution in [0.15, 0.2) is 89.8 Å². The lowest BCUT2D eigenvalue weighted by molar-refractivity contribution is -0.122. The molecule has 0 aliphatic carbocycles. The third-order valence-corrected chi connectivity index (χ3v) is 5.79. The summed E-state index contributed by atoms with van der Waals surface area (Å²) in [5.41, 5.74) is 4.41. The molecule has 144 valence electrons. The average Bonchev–Trinajstić information content (AvgIpc) is 3.03. The highest BCUT2D eigenvalue weighted by Gasteiger charge is 2.34. The number of thioether (sulfide) groups is 1. The Labute approximate surface area is 175 Å². The second-order valence-electron chi connectivity index (χ2n) is 6.91. The lowest BCUT2D eigenvalue weighted by atomic mass is 10.0. The summed E-state index contributed by atoms with van der Waals surface area (Å²) >= 11 is 1.02. The van der Waals surface area contributed by atoms with E-state index in [1.54, 1.807) is 6.08 Å². The summed E-state index contributed by atoms with van der Waals surface area (Å²) in [5.74, 6) is -0.194. The van der Waals surface area contributed by atoms with Crippen LogP contribution in [0, 0.1) is 0 Å². The van der Waals surface area contributed by atoms with E-state index in [2.05, 4.69) is 24.3 Å². The Balaban J connectivity index is 1.40. The molecule has 0 N–H and O–H groups in total. The van der Waals surface area contributed by atoms with Gasteiger partial charge in [0.25, 0.3) is 11.1 Å². The van der Waals surface area contributed by atoms with E-state index in [4.69, 9.17) is 0 Å². The van der Waals surface area contributed by atoms with Gasteiger partial charge in [0.2, 0.25) is 0 Å². The topological polar surface area (TPSA) is 37.4 Å². The van der Waals surface area contributed by atoms with E-state index in [9.17, 15) is 9.59 Å². The molecule has 4 heteroatoms. The number of hydrogen-bond donors (Lipinski definition) is 0. The summed E-state index contributed by atoms with van der Waals surface area (Å²) < 4.78 is 0. The van der Waals surface area contributed by atoms with Crippen molar-refractivity contribution in [2.24, 2.45) is 0 Å². The molecule has 4 rings (SSSR count). The number of carbonyl (C=O) groups is 2. The fourth-order valence-electron chi connectivity index (χ4n) is 3.33. The summed E-state index contributed by atoms with van der Waals surface area (Å²) in [7, 11) is 0. The van der Waals surface area contributed by atoms with Gasteiger partial charge in [-0.05, 0) is 52.9 Å². The second kappa shape index (κ2) is 8.93. The Kier molecular flexibility index (Phi) is 5.92. The van der Waals surface area contributed by atoms with Gasteiger partial charge in [0.15, 0.2) is 0 Å². The molecular formula is C25H21NO2S. The lowest BCUT2D eigenvalue weighted by Gasteiger charge is -2.12. The maximum absolute atomic E-state index is 12.7. The van der Waals surface area contributed by atoms with Gasteiger partial charge in [-0.15, -0.1) is 0 Å². The van der Waals surface area contributed by atoms with E-state index in [-0.39, 0.29) is 11.1 Å². The van der Waals surface area contributed by atoms with Crippen molar-refractivity contribution in [3.63, 3.8) is 0 Å². The van der Waals surface area contributed by atoms with Crippen LogP contribution in [0.5, 0.6) is 0 Å². The monoisotopic (exact) mass is 399 g/mol. The number of carbonyl (C=O) groups excluding carboxylic acids is 2. The molecule has 1 heterocycles. The van der Waals surface area contributed by atoms with Gasteiger partial charge in [0.05, 0.1) is 4.91 Å². The largest absolute Gasteiger partial charge is 0.293 e. The van der Waals surface area contributed by atoms with Crippen molar-refractivity contribution in [2.75, 3.05) is 6.54 Å². The van der Waals surface area contributed by atoms with E-state index in [1.165, 1.54) is 10.5 Å². The number of rotatable bonds is 6. The van der Waals surface area contributed by atoms with Gasteiger partial charge in [0.1, 0.15) is 0 Å². The first kappa shape index (κ1) is 19.2. The third-order valence-electron chi connectivity index (χ3n) is 4.88. The van der Waals surface area contributed by atoms with Crippen LogP contribution in [-0.2, 0) is 11.2 Å². The van der Waals surface area contributed by atoms with Crippen LogP contribution in [0.4, 0.5) is 4.79 Å². The highest BCUT2D eigenvalue weighted by Crippen LogP contribution is 2.32. The zero-order chi connectivity index (χ0) is 20.1. The summed E-state index contributed by atoms with van der Waals surface area (Å²) in [6.45, 7) is 0.448. The Hall–Kier alpha value is -3.11. The normalized spacial score (nSPS) is 15.3. The van der Waals surface area contributed by atoms with Crippen LogP contribution < -0.4 is 0 Å². The zero-order valence-electron chi connectivity index (χ0n) is 16.0. The van der Waals surface area contributed by atoms with Gasteiger partial charge < -0.3 is 0 Å². The van der Waals surface area contributed by atoms with Crippen molar-refractivity contribution in [3.05, 3.63) is 101 Å². The average molecular weight is 400 g/mol. The fraction of sp³-hybridized carbons (Fsp3) is 0.120. The third kappa shape index (κ3) is 4.66. The highest BCUT2D eigenvalue weighted by atomic mass is 32.2. The van der Waals surface area contributed by atoms with Crippen LogP contribution >= 0.6 is 11.8 Å². The molecule has 0 atom stereocenters. The molecule has 29 heavy (non-hydrogen) atoms. The number of nitrogens with zero attached hydrogens (tertiary/aromatic N) is 1. The number of aryl methyl sites for hydroxylation is 1. The van der Waals surface area contributed by atoms with Gasteiger partial charge in [-0.1, -0.05) is 84.9 Å². The molecule has 0 unspecified atom stereocenters. The summed E-state index contributed by atoms with van der Waals surface area (Å²) in [4.78, 5) is 26.8. The standard InChI is InChI=1S/C25H21NO2S/c27-24-23(18-20-13-15-22(16-14-20)21-11-5-2-6-12-21)29-25(28)26(24)17-7-10-19-8-3-1-4-9-19/h1-6,8-9,11-16,18H,7,10,17H2/b23-18+. The van der Waals surface area contributed by atoms with Crippen LogP contribution in [0.3, 0.4) is 0 Å². The molecule has 0 saturated carbocycles. The molecular weight excluding hydrogens is 378 g/mol. The minimum atomic E-state index is -0.194. The number of amides is 2. The summed E-state index contributed by atoms with van der Waals surface area (Å²) in [6, 6.07) is 28.3. The maximum atomic E-state index is 12.7. The Morgan fingerprint density at radius 3 is 2.07 bits per heavy atom. The highest BCUT2D eigenvalue weighted by molar-refractivity contribution is 8.18. The van der Waals surface area contributed by atoms with Crippen LogP contribution in [0.2, 0.25) is 0 Å². The first-order chi connectivity index (χ1) is 14.2. The lowest BCUT2D eigenvalue weighted by Crippen LogP contribution is -2.29. The smallest absolute Gasteiger partial charge is 0.268 e. The molecule has 1 aliphatic rings. The molecule has 3 aromatic carbocycles. The summed E-state index contributed by atoms with van der Waals surface area (Å²) in [6.07, 6.45) is 3.42. The van der Waals surface area contributed by atoms with Gasteiger partial charge in [0, 0.05) is 6.54 Å². The number of hydrogen-bond acceptors (Lipinski definition) is 3. The SMILES string of the molecule is O=C1S/C(=C/c2ccc(-c3ccccc3)cc2)C(=O)N1CCCc1ccccc1. The van der Waals surface area contributed by atoms with Crippen molar-refractivity contribution in [3.8, 4) is 11.1 Å². The van der Waals surface area contributed by atoms with Gasteiger partial charge in [-0.2, -0.15) is 0 Å². The summed E-state index contributed by atoms with van der Waals surface area (Å²) in [5, 5.41) is -0.185. The Bertz CT molecular complexity index is 1030. The van der Waals surface area contributed by atoms with E-state index in [1.807, 2.05) is 60.7 Å². The second-order valence-corrected chi connectivity index (χ2v) is 7.90. The van der Waals surface area contributed by atoms with Crippen molar-refractivity contribution in [2.45, 2.75) is 12.8 Å². The first-order valence-electron chi connectivity index (χ1n) is 9.65. The molecule has 0 radical (unpaired) electrons. The molecule has 2 amide bonds. The van der Waals surface area contributed by atoms with E-state index >= 15 is 0 Å². The van der Waals surface area contributed by atoms with Crippen molar-refractivity contribution < 1.29 is 9.59 Å². The first-order valence-corrected chi connectivity index (χ1v) is 10.5. The molecule has 0 bridgehead atoms. The minimum Gasteiger partial charge on any atom is -0.268 e. The van der Waals surface area contributed by atoms with E-state index in [0.717, 1.165) is 41.3 Å². The number of benzene rings is 3. The minimum absolute atomic E-state index is 0.185. The Morgan fingerprint density at radius 1 is 0.759 bits per heavy atom. The molecule has 1 aliphatic heterocycles. The predicted molar refractivity (Wildman–Crippen MR) is 119 cm³/mol. The quantitative estimate of drug-likeness (QED) is 0.476. The molecule has 0 spiro atoms. The van der Waals surface area contributed by atoms with Crippen LogP contribution in [0.25, 0.3) is 17.2 Å². The molecule has 3 aromatic rings. The molecule has 3 nitrogen and oxygen atoms in total. The van der Waals surface area contributed by atoms with Gasteiger partial charge in [-0.3, -0.25) is 14.5 Å². The number of imide groups is 1. The zero-order valence-corrected chi connectivity index (χ0v) is 16.8. The molecule has 0 aromatic heterocycles. The van der Waals surface area contributed by atoms with Gasteiger partial charge in [-0.25, -0.2) is 0 Å². The maximum Gasteiger partial charge on any atom is 0.293 e. The van der Waals surface area contributed by atoms with Crippen molar-refractivity contribution in [1.82, 2.24) is 4.90 Å². The molecule has 1 saturated heterocycles. The van der Waals surface area contributed by atoms with Crippen molar-refractivity contribution >= 4 is 29.0 Å². The van der Waals surface area contributed by atoms with E-state index < -0.39 is 0 Å². The predicted octanol–water partition coefficient (Wildman–Crippen LogP) is 6.02. The fourth-order valence-corrected chi connectivity index (χ4v) is 4.20. The van der Waals surface area contributed by atoms with Crippen LogP contribution in [0.1, 0.15) is 17.5 Å². The van der Waals surface area contributed by atoms with Gasteiger partial charge >= 0.3 is 0 Å². The van der Waals surface area contributed by atoms with Crippen molar-refractivity contribution in [1.29, 1.82) is 0 Å². The van der Waals surface area contributed by atoms with Crippen LogP contribution in [-0.4, -0.2) is 22.6 Å². The molecule has 1 fully saturated rings.